The van der Waals surface area contributed by atoms with Crippen LogP contribution >= 0.6 is 0 Å². The van der Waals surface area contributed by atoms with Gasteiger partial charge in [0.2, 0.25) is 0 Å². The highest BCUT2D eigenvalue weighted by Gasteiger charge is 2.31. The maximum atomic E-state index is 10.7. The van der Waals surface area contributed by atoms with Gasteiger partial charge in [-0.15, -0.1) is 0 Å². The van der Waals surface area contributed by atoms with E-state index in [1.165, 1.54) is 6.92 Å². The Morgan fingerprint density at radius 3 is 2.38 bits per heavy atom. The smallest absolute Gasteiger partial charge is 0.275 e. The molecule has 0 saturated heterocycles. The second-order valence-corrected chi connectivity index (χ2v) is 4.11. The Hall–Kier alpha value is -0.860. The summed E-state index contributed by atoms with van der Waals surface area (Å²) in [7, 11) is -3.87. The molecule has 0 aromatic rings. The summed E-state index contributed by atoms with van der Waals surface area (Å²) >= 11 is 0. The number of amidine groups is 1. The lowest BCUT2D eigenvalue weighted by Gasteiger charge is -2.26. The van der Waals surface area contributed by atoms with Crippen molar-refractivity contribution in [1.29, 1.82) is 0 Å². The van der Waals surface area contributed by atoms with Crippen molar-refractivity contribution in [3.05, 3.63) is 0 Å². The lowest BCUT2D eigenvalue weighted by atomic mass is 10.00. The van der Waals surface area contributed by atoms with Crippen molar-refractivity contribution in [3.8, 4) is 0 Å². The zero-order valence-electron chi connectivity index (χ0n) is 7.48. The van der Waals surface area contributed by atoms with Gasteiger partial charge < -0.3 is 10.9 Å². The van der Waals surface area contributed by atoms with E-state index in [4.69, 9.17) is 16.1 Å². The monoisotopic (exact) mass is 210 g/mol. The third-order valence-corrected chi connectivity index (χ3v) is 2.48. The molecule has 0 aliphatic carbocycles. The van der Waals surface area contributed by atoms with Gasteiger partial charge in [0.25, 0.3) is 10.2 Å². The van der Waals surface area contributed by atoms with E-state index in [0.717, 1.165) is 0 Å². The highest BCUT2D eigenvalue weighted by Crippen LogP contribution is 2.09. The van der Waals surface area contributed by atoms with E-state index < -0.39 is 15.7 Å². The van der Waals surface area contributed by atoms with Crippen LogP contribution in [0.2, 0.25) is 0 Å². The van der Waals surface area contributed by atoms with E-state index in [0.29, 0.717) is 6.42 Å². The number of nitrogens with two attached hydrogens (primary N) is 2. The molecule has 0 bridgehead atoms. The van der Waals surface area contributed by atoms with E-state index in [-0.39, 0.29) is 5.84 Å². The van der Waals surface area contributed by atoms with Crippen molar-refractivity contribution in [1.82, 2.24) is 4.72 Å². The van der Waals surface area contributed by atoms with Crippen LogP contribution in [0.5, 0.6) is 0 Å². The van der Waals surface area contributed by atoms with Crippen LogP contribution in [0.25, 0.3) is 0 Å². The van der Waals surface area contributed by atoms with Crippen LogP contribution in [0.15, 0.2) is 5.16 Å². The molecule has 0 fully saturated rings. The van der Waals surface area contributed by atoms with Gasteiger partial charge in [0, 0.05) is 0 Å². The topological polar surface area (TPSA) is 131 Å². The van der Waals surface area contributed by atoms with E-state index >= 15 is 0 Å². The fourth-order valence-electron chi connectivity index (χ4n) is 0.730. The number of nitrogens with zero attached hydrogens (tertiary/aromatic N) is 1. The molecular formula is C5H14N4O3S. The molecule has 13 heavy (non-hydrogen) atoms. The van der Waals surface area contributed by atoms with E-state index in [1.54, 1.807) is 6.92 Å². The molecule has 7 nitrogen and oxygen atoms in total. The lowest BCUT2D eigenvalue weighted by molar-refractivity contribution is 0.310. The fourth-order valence-corrected chi connectivity index (χ4v) is 1.61. The van der Waals surface area contributed by atoms with Crippen molar-refractivity contribution < 1.29 is 13.6 Å². The molecule has 78 valence electrons. The quantitative estimate of drug-likeness (QED) is 0.199. The number of rotatable bonds is 4. The predicted molar refractivity (Wildman–Crippen MR) is 48.3 cm³/mol. The Morgan fingerprint density at radius 1 is 1.69 bits per heavy atom. The Kier molecular flexibility index (Phi) is 3.64. The summed E-state index contributed by atoms with van der Waals surface area (Å²) < 4.78 is 23.5. The summed E-state index contributed by atoms with van der Waals surface area (Å²) in [4.78, 5) is 0. The number of oxime groups is 1. The molecule has 0 radical (unpaired) electrons. The van der Waals surface area contributed by atoms with Crippen molar-refractivity contribution in [2.24, 2.45) is 16.0 Å². The Morgan fingerprint density at radius 2 is 2.15 bits per heavy atom. The van der Waals surface area contributed by atoms with Crippen LogP contribution in [0.3, 0.4) is 0 Å². The molecule has 0 spiro atoms. The first-order valence-corrected chi connectivity index (χ1v) is 5.09. The van der Waals surface area contributed by atoms with Crippen molar-refractivity contribution in [2.45, 2.75) is 25.8 Å². The third-order valence-electron chi connectivity index (χ3n) is 1.75. The predicted octanol–water partition coefficient (Wildman–Crippen LogP) is -1.31. The molecule has 0 rings (SSSR count). The summed E-state index contributed by atoms with van der Waals surface area (Å²) in [5.74, 6) is -0.232. The first kappa shape index (κ1) is 12.1. The van der Waals surface area contributed by atoms with Gasteiger partial charge in [0.1, 0.15) is 0 Å². The molecule has 8 heteroatoms. The number of hydrogen-bond donors (Lipinski definition) is 4. The molecule has 0 heterocycles. The van der Waals surface area contributed by atoms with Crippen LogP contribution in [0, 0.1) is 0 Å². The van der Waals surface area contributed by atoms with Gasteiger partial charge in [-0.3, -0.25) is 0 Å². The van der Waals surface area contributed by atoms with E-state index in [9.17, 15) is 8.42 Å². The van der Waals surface area contributed by atoms with Crippen LogP contribution < -0.4 is 15.6 Å². The lowest BCUT2D eigenvalue weighted by Crippen LogP contribution is -2.56. The van der Waals surface area contributed by atoms with Gasteiger partial charge in [0.15, 0.2) is 5.84 Å². The molecule has 0 aromatic carbocycles. The molecule has 1 atom stereocenters. The number of nitrogens with one attached hydrogen (secondary N) is 1. The van der Waals surface area contributed by atoms with Crippen molar-refractivity contribution >= 4 is 16.0 Å². The summed E-state index contributed by atoms with van der Waals surface area (Å²) in [6.45, 7) is 3.14. The Bertz CT molecular complexity index is 299. The summed E-state index contributed by atoms with van der Waals surface area (Å²) in [5, 5.41) is 15.9. The third kappa shape index (κ3) is 3.57. The fraction of sp³-hybridized carbons (Fsp3) is 0.800. The number of hydrogen-bond acceptors (Lipinski definition) is 4. The van der Waals surface area contributed by atoms with E-state index in [1.807, 2.05) is 0 Å². The molecule has 0 aliphatic heterocycles. The minimum atomic E-state index is -3.87. The van der Waals surface area contributed by atoms with Crippen molar-refractivity contribution in [2.75, 3.05) is 0 Å². The maximum Gasteiger partial charge on any atom is 0.275 e. The molecule has 0 aliphatic rings. The van der Waals surface area contributed by atoms with Crippen LogP contribution in [0.4, 0.5) is 0 Å². The zero-order valence-corrected chi connectivity index (χ0v) is 8.30. The largest absolute Gasteiger partial charge is 0.409 e. The van der Waals surface area contributed by atoms with Gasteiger partial charge in [0.05, 0.1) is 5.54 Å². The average Bonchev–Trinajstić information content (AvgIpc) is 1.99. The van der Waals surface area contributed by atoms with Crippen LogP contribution in [-0.2, 0) is 10.2 Å². The van der Waals surface area contributed by atoms with Gasteiger partial charge >= 0.3 is 0 Å². The minimum Gasteiger partial charge on any atom is -0.409 e. The van der Waals surface area contributed by atoms with E-state index in [2.05, 4.69) is 9.88 Å². The summed E-state index contributed by atoms with van der Waals surface area (Å²) in [5.41, 5.74) is 4.14. The van der Waals surface area contributed by atoms with Crippen LogP contribution in [-0.4, -0.2) is 25.0 Å². The van der Waals surface area contributed by atoms with Gasteiger partial charge in [-0.1, -0.05) is 12.1 Å². The molecule has 0 amide bonds. The highest BCUT2D eigenvalue weighted by molar-refractivity contribution is 7.87. The standard InChI is InChI=1S/C5H14N4O3S/c1-3-5(2,4(6)8-10)9-13(7,11)12/h9-10H,3H2,1-2H3,(H2,6,8)(H2,7,11,12). The highest BCUT2D eigenvalue weighted by atomic mass is 32.2. The second kappa shape index (κ2) is 3.90. The average molecular weight is 210 g/mol. The first-order valence-electron chi connectivity index (χ1n) is 3.55. The van der Waals surface area contributed by atoms with Gasteiger partial charge in [-0.05, 0) is 13.3 Å². The maximum absolute atomic E-state index is 10.7. The Labute approximate surface area is 77.0 Å². The van der Waals surface area contributed by atoms with Gasteiger partial charge in [-0.2, -0.15) is 13.1 Å². The molecule has 0 saturated carbocycles. The molecule has 1 unspecified atom stereocenters. The molecule has 0 aromatic heterocycles. The SMILES string of the molecule is CCC(C)(NS(N)(=O)=O)C(N)=NO. The van der Waals surface area contributed by atoms with Gasteiger partial charge in [-0.25, -0.2) is 5.14 Å². The van der Waals surface area contributed by atoms with Crippen molar-refractivity contribution in [3.63, 3.8) is 0 Å². The molecule has 6 N–H and O–H groups in total. The zero-order chi connectivity index (χ0) is 10.7. The summed E-state index contributed by atoms with van der Waals surface area (Å²) in [6.07, 6.45) is 0.319. The minimum absolute atomic E-state index is 0.232. The molecular weight excluding hydrogens is 196 g/mol. The second-order valence-electron chi connectivity index (χ2n) is 2.82. The first-order chi connectivity index (χ1) is 5.75. The summed E-state index contributed by atoms with van der Waals surface area (Å²) in [6, 6.07) is 0. The normalized spacial score (nSPS) is 18.2. The van der Waals surface area contributed by atoms with Crippen LogP contribution in [0.1, 0.15) is 20.3 Å². The Balaban J connectivity index is 4.87.